The first-order chi connectivity index (χ1) is 13.4. The van der Waals surface area contributed by atoms with Gasteiger partial charge in [-0.2, -0.15) is 0 Å². The minimum atomic E-state index is -0.619. The molecule has 1 unspecified atom stereocenters. The van der Waals surface area contributed by atoms with Crippen molar-refractivity contribution in [2.24, 2.45) is 0 Å². The largest absolute Gasteiger partial charge is 0.493 e. The Bertz CT molecular complexity index is 825. The molecule has 2 aromatic carbocycles. The third kappa shape index (κ3) is 5.01. The molecule has 2 aromatic rings. The maximum atomic E-state index is 12.6. The van der Waals surface area contributed by atoms with Gasteiger partial charge in [-0.3, -0.25) is 4.79 Å². The zero-order valence-electron chi connectivity index (χ0n) is 16.8. The van der Waals surface area contributed by atoms with Gasteiger partial charge in [0.25, 0.3) is 5.91 Å². The molecule has 0 heterocycles. The fourth-order valence-corrected chi connectivity index (χ4v) is 2.89. The number of carbonyl (C=O) groups is 1. The molecule has 152 valence electrons. The fourth-order valence-electron chi connectivity index (χ4n) is 2.78. The van der Waals surface area contributed by atoms with Crippen LogP contribution in [0, 0.1) is 6.92 Å². The van der Waals surface area contributed by atoms with Gasteiger partial charge >= 0.3 is 0 Å². The molecule has 28 heavy (non-hydrogen) atoms. The molecule has 0 fully saturated rings. The van der Waals surface area contributed by atoms with Gasteiger partial charge in [-0.1, -0.05) is 18.5 Å². The Hall–Kier alpha value is -2.60. The molecule has 1 N–H and O–H groups in total. The highest BCUT2D eigenvalue weighted by Gasteiger charge is 2.21. The number of halogens is 1. The summed E-state index contributed by atoms with van der Waals surface area (Å²) >= 11 is 6.04. The van der Waals surface area contributed by atoms with E-state index in [0.29, 0.717) is 34.4 Å². The van der Waals surface area contributed by atoms with Crippen LogP contribution in [0.1, 0.15) is 24.5 Å². The summed E-state index contributed by atoms with van der Waals surface area (Å²) in [6.45, 7) is 4.05. The van der Waals surface area contributed by atoms with Crippen LogP contribution in [0.5, 0.6) is 23.0 Å². The van der Waals surface area contributed by atoms with Crippen LogP contribution in [-0.2, 0) is 11.3 Å². The summed E-state index contributed by atoms with van der Waals surface area (Å²) in [5.41, 5.74) is 1.66. The van der Waals surface area contributed by atoms with Crippen molar-refractivity contribution < 1.29 is 23.7 Å². The van der Waals surface area contributed by atoms with Crippen molar-refractivity contribution in [2.45, 2.75) is 32.9 Å². The molecule has 7 heteroatoms. The lowest BCUT2D eigenvalue weighted by Crippen LogP contribution is -2.37. The summed E-state index contributed by atoms with van der Waals surface area (Å²) in [5, 5.41) is 3.55. The van der Waals surface area contributed by atoms with Gasteiger partial charge in [-0.05, 0) is 49.2 Å². The number of carbonyl (C=O) groups excluding carboxylic acids is 1. The summed E-state index contributed by atoms with van der Waals surface area (Å²) in [4.78, 5) is 12.6. The van der Waals surface area contributed by atoms with Gasteiger partial charge in [0.2, 0.25) is 5.75 Å². The highest BCUT2D eigenvalue weighted by molar-refractivity contribution is 6.31. The SMILES string of the molecule is CCC(Oc1ccc(Cl)c(C)c1)C(=O)NCc1ccc(OC)c(OC)c1OC. The smallest absolute Gasteiger partial charge is 0.261 e. The average Bonchev–Trinajstić information content (AvgIpc) is 2.71. The van der Waals surface area contributed by atoms with E-state index in [-0.39, 0.29) is 12.5 Å². The summed E-state index contributed by atoms with van der Waals surface area (Å²) in [6.07, 6.45) is -0.0944. The van der Waals surface area contributed by atoms with Crippen LogP contribution < -0.4 is 24.3 Å². The molecule has 1 atom stereocenters. The highest BCUT2D eigenvalue weighted by atomic mass is 35.5. The molecule has 1 amide bonds. The number of nitrogens with one attached hydrogen (secondary N) is 1. The normalized spacial score (nSPS) is 11.5. The average molecular weight is 408 g/mol. The molecule has 0 spiro atoms. The molecule has 0 aromatic heterocycles. The molecule has 0 radical (unpaired) electrons. The molecule has 0 saturated carbocycles. The van der Waals surface area contributed by atoms with E-state index in [4.69, 9.17) is 30.5 Å². The molecule has 2 rings (SSSR count). The number of benzene rings is 2. The minimum absolute atomic E-state index is 0.216. The second-order valence-electron chi connectivity index (χ2n) is 6.14. The lowest BCUT2D eigenvalue weighted by Gasteiger charge is -2.19. The van der Waals surface area contributed by atoms with Crippen molar-refractivity contribution in [3.05, 3.63) is 46.5 Å². The van der Waals surface area contributed by atoms with Crippen LogP contribution >= 0.6 is 11.6 Å². The van der Waals surface area contributed by atoms with E-state index >= 15 is 0 Å². The number of ether oxygens (including phenoxy) is 4. The van der Waals surface area contributed by atoms with E-state index in [2.05, 4.69) is 5.32 Å². The van der Waals surface area contributed by atoms with Crippen LogP contribution in [0.15, 0.2) is 30.3 Å². The fraction of sp³-hybridized carbons (Fsp3) is 0.381. The van der Waals surface area contributed by atoms with Gasteiger partial charge in [0.05, 0.1) is 21.3 Å². The van der Waals surface area contributed by atoms with E-state index in [1.54, 1.807) is 32.4 Å². The summed E-state index contributed by atoms with van der Waals surface area (Å²) < 4.78 is 21.9. The van der Waals surface area contributed by atoms with Crippen LogP contribution in [0.2, 0.25) is 5.02 Å². The van der Waals surface area contributed by atoms with Gasteiger partial charge in [0, 0.05) is 17.1 Å². The van der Waals surface area contributed by atoms with Crippen LogP contribution in [0.25, 0.3) is 0 Å². The Kier molecular flexibility index (Phi) is 7.81. The van der Waals surface area contributed by atoms with Crippen LogP contribution in [0.3, 0.4) is 0 Å². The minimum Gasteiger partial charge on any atom is -0.493 e. The Labute approximate surface area is 170 Å². The Morgan fingerprint density at radius 2 is 1.79 bits per heavy atom. The van der Waals surface area contributed by atoms with Crippen molar-refractivity contribution >= 4 is 17.5 Å². The number of amides is 1. The molecule has 0 bridgehead atoms. The van der Waals surface area contributed by atoms with E-state index in [9.17, 15) is 4.79 Å². The molecule has 0 aliphatic carbocycles. The van der Waals surface area contributed by atoms with Gasteiger partial charge in [-0.25, -0.2) is 0 Å². The number of aryl methyl sites for hydroxylation is 1. The van der Waals surface area contributed by atoms with E-state index < -0.39 is 6.10 Å². The molecular weight excluding hydrogens is 382 g/mol. The Morgan fingerprint density at radius 1 is 1.07 bits per heavy atom. The molecule has 0 saturated heterocycles. The Balaban J connectivity index is 2.10. The summed E-state index contributed by atoms with van der Waals surface area (Å²) in [7, 11) is 4.64. The topological polar surface area (TPSA) is 66.0 Å². The van der Waals surface area contributed by atoms with Gasteiger partial charge in [0.1, 0.15) is 5.75 Å². The first-order valence-electron chi connectivity index (χ1n) is 8.93. The lowest BCUT2D eigenvalue weighted by molar-refractivity contribution is -0.128. The van der Waals surface area contributed by atoms with Crippen molar-refractivity contribution in [1.29, 1.82) is 0 Å². The second-order valence-corrected chi connectivity index (χ2v) is 6.54. The standard InChI is InChI=1S/C21H26ClNO5/c1-6-17(28-15-8-9-16(22)13(2)11-15)21(24)23-12-14-7-10-18(25-3)20(27-5)19(14)26-4/h7-11,17H,6,12H2,1-5H3,(H,23,24). The molecular formula is C21H26ClNO5. The zero-order valence-corrected chi connectivity index (χ0v) is 17.6. The van der Waals surface area contributed by atoms with Crippen molar-refractivity contribution in [3.8, 4) is 23.0 Å². The van der Waals surface area contributed by atoms with Crippen molar-refractivity contribution in [2.75, 3.05) is 21.3 Å². The van der Waals surface area contributed by atoms with Crippen LogP contribution in [0.4, 0.5) is 0 Å². The molecule has 0 aliphatic rings. The third-order valence-electron chi connectivity index (χ3n) is 4.31. The third-order valence-corrected chi connectivity index (χ3v) is 4.73. The predicted octanol–water partition coefficient (Wildman–Crippen LogP) is 4.15. The summed E-state index contributed by atoms with van der Waals surface area (Å²) in [5.74, 6) is 1.95. The van der Waals surface area contributed by atoms with E-state index in [1.165, 1.54) is 7.11 Å². The quantitative estimate of drug-likeness (QED) is 0.676. The van der Waals surface area contributed by atoms with Gasteiger partial charge in [-0.15, -0.1) is 0 Å². The number of rotatable bonds is 9. The van der Waals surface area contributed by atoms with Crippen molar-refractivity contribution in [3.63, 3.8) is 0 Å². The first kappa shape index (κ1) is 21.7. The maximum absolute atomic E-state index is 12.6. The highest BCUT2D eigenvalue weighted by Crippen LogP contribution is 2.39. The number of methoxy groups -OCH3 is 3. The molecule has 6 nitrogen and oxygen atoms in total. The molecule has 0 aliphatic heterocycles. The predicted molar refractivity (Wildman–Crippen MR) is 109 cm³/mol. The van der Waals surface area contributed by atoms with E-state index in [0.717, 1.165) is 11.1 Å². The summed E-state index contributed by atoms with van der Waals surface area (Å²) in [6, 6.07) is 8.92. The van der Waals surface area contributed by atoms with Gasteiger partial charge < -0.3 is 24.3 Å². The number of hydrogen-bond donors (Lipinski definition) is 1. The lowest BCUT2D eigenvalue weighted by atomic mass is 10.1. The Morgan fingerprint density at radius 3 is 2.36 bits per heavy atom. The number of hydrogen-bond acceptors (Lipinski definition) is 5. The first-order valence-corrected chi connectivity index (χ1v) is 9.31. The van der Waals surface area contributed by atoms with Crippen LogP contribution in [-0.4, -0.2) is 33.3 Å². The van der Waals surface area contributed by atoms with E-state index in [1.807, 2.05) is 26.0 Å². The second kappa shape index (κ2) is 10.1. The monoisotopic (exact) mass is 407 g/mol. The maximum Gasteiger partial charge on any atom is 0.261 e. The zero-order chi connectivity index (χ0) is 20.7. The van der Waals surface area contributed by atoms with Crippen molar-refractivity contribution in [1.82, 2.24) is 5.32 Å². The van der Waals surface area contributed by atoms with Gasteiger partial charge in [0.15, 0.2) is 17.6 Å².